The summed E-state index contributed by atoms with van der Waals surface area (Å²) in [5.74, 6) is 2.42. The fourth-order valence-electron chi connectivity index (χ4n) is 2.44. The highest BCUT2D eigenvalue weighted by atomic mass is 16.7. The van der Waals surface area contributed by atoms with Gasteiger partial charge in [0, 0.05) is 32.6 Å². The Morgan fingerprint density at radius 1 is 1.25 bits per heavy atom. The minimum absolute atomic E-state index is 0.141. The van der Waals surface area contributed by atoms with Crippen LogP contribution >= 0.6 is 0 Å². The fourth-order valence-corrected chi connectivity index (χ4v) is 2.44. The van der Waals surface area contributed by atoms with E-state index in [4.69, 9.17) is 9.47 Å². The lowest BCUT2D eigenvalue weighted by Gasteiger charge is -2.12. The van der Waals surface area contributed by atoms with E-state index >= 15 is 0 Å². The Bertz CT molecular complexity index is 614. The molecule has 0 aromatic heterocycles. The number of guanidine groups is 1. The maximum Gasteiger partial charge on any atom is 0.231 e. The Labute approximate surface area is 141 Å². The van der Waals surface area contributed by atoms with E-state index in [0.29, 0.717) is 25.6 Å². The van der Waals surface area contributed by atoms with Gasteiger partial charge in [-0.25, -0.2) is 0 Å². The standard InChI is InChI=1S/C17H24N4O3/c1-18-17(19-8-2-3-16(22)21-13-5-6-13)20-10-12-4-7-14-15(9-12)24-11-23-14/h4,7,9,13H,2-3,5-6,8,10-11H2,1H3,(H,21,22)(H2,18,19,20). The summed E-state index contributed by atoms with van der Waals surface area (Å²) < 4.78 is 10.7. The van der Waals surface area contributed by atoms with Crippen molar-refractivity contribution in [2.24, 2.45) is 4.99 Å². The number of carbonyl (C=O) groups excluding carboxylic acids is 1. The van der Waals surface area contributed by atoms with E-state index in [9.17, 15) is 4.79 Å². The molecular formula is C17H24N4O3. The lowest BCUT2D eigenvalue weighted by atomic mass is 10.2. The predicted molar refractivity (Wildman–Crippen MR) is 91.2 cm³/mol. The van der Waals surface area contributed by atoms with Gasteiger partial charge in [0.15, 0.2) is 17.5 Å². The molecule has 0 saturated heterocycles. The zero-order chi connectivity index (χ0) is 16.8. The molecule has 1 aromatic carbocycles. The van der Waals surface area contributed by atoms with Crippen molar-refractivity contribution >= 4 is 11.9 Å². The van der Waals surface area contributed by atoms with Crippen LogP contribution in [0.2, 0.25) is 0 Å². The number of hydrogen-bond donors (Lipinski definition) is 3. The summed E-state index contributed by atoms with van der Waals surface area (Å²) in [5.41, 5.74) is 1.09. The third-order valence-electron chi connectivity index (χ3n) is 3.94. The van der Waals surface area contributed by atoms with Gasteiger partial charge in [-0.3, -0.25) is 9.79 Å². The number of ether oxygens (including phenoxy) is 2. The molecule has 1 aliphatic heterocycles. The quantitative estimate of drug-likeness (QED) is 0.396. The van der Waals surface area contributed by atoms with Gasteiger partial charge in [-0.05, 0) is 37.0 Å². The molecule has 0 spiro atoms. The summed E-state index contributed by atoms with van der Waals surface area (Å²) in [6.07, 6.45) is 3.58. The normalized spacial score (nSPS) is 16.0. The van der Waals surface area contributed by atoms with Crippen LogP contribution in [0.4, 0.5) is 0 Å². The third kappa shape index (κ3) is 4.78. The van der Waals surface area contributed by atoms with Gasteiger partial charge in [-0.2, -0.15) is 0 Å². The molecule has 0 atom stereocenters. The highest BCUT2D eigenvalue weighted by molar-refractivity contribution is 5.80. The van der Waals surface area contributed by atoms with E-state index in [0.717, 1.165) is 42.3 Å². The van der Waals surface area contributed by atoms with Crippen LogP contribution in [0.3, 0.4) is 0 Å². The number of benzene rings is 1. The molecule has 130 valence electrons. The van der Waals surface area contributed by atoms with Crippen molar-refractivity contribution in [1.29, 1.82) is 0 Å². The molecule has 1 heterocycles. The molecule has 1 fully saturated rings. The number of fused-ring (bicyclic) bond motifs is 1. The van der Waals surface area contributed by atoms with Crippen LogP contribution in [0.1, 0.15) is 31.2 Å². The minimum atomic E-state index is 0.141. The second kappa shape index (κ2) is 7.90. The molecule has 1 saturated carbocycles. The van der Waals surface area contributed by atoms with Gasteiger partial charge in [0.05, 0.1) is 0 Å². The van der Waals surface area contributed by atoms with Crippen molar-refractivity contribution in [1.82, 2.24) is 16.0 Å². The van der Waals surface area contributed by atoms with Crippen molar-refractivity contribution < 1.29 is 14.3 Å². The van der Waals surface area contributed by atoms with Crippen LogP contribution in [0.15, 0.2) is 23.2 Å². The van der Waals surface area contributed by atoms with Crippen molar-refractivity contribution in [3.8, 4) is 11.5 Å². The average Bonchev–Trinajstić information content (AvgIpc) is 3.27. The second-order valence-electron chi connectivity index (χ2n) is 5.99. The molecule has 1 amide bonds. The molecule has 1 aromatic rings. The summed E-state index contributed by atoms with van der Waals surface area (Å²) in [5, 5.41) is 9.46. The smallest absolute Gasteiger partial charge is 0.231 e. The summed E-state index contributed by atoms with van der Waals surface area (Å²) in [4.78, 5) is 15.8. The van der Waals surface area contributed by atoms with Crippen LogP contribution in [0, 0.1) is 0 Å². The lowest BCUT2D eigenvalue weighted by Crippen LogP contribution is -2.37. The first kappa shape index (κ1) is 16.4. The van der Waals surface area contributed by atoms with Crippen molar-refractivity contribution in [2.75, 3.05) is 20.4 Å². The molecular weight excluding hydrogens is 308 g/mol. The number of carbonyl (C=O) groups is 1. The van der Waals surface area contributed by atoms with Crippen molar-refractivity contribution in [3.63, 3.8) is 0 Å². The van der Waals surface area contributed by atoms with Crippen molar-refractivity contribution in [3.05, 3.63) is 23.8 Å². The molecule has 3 rings (SSSR count). The molecule has 7 heteroatoms. The molecule has 3 N–H and O–H groups in total. The van der Waals surface area contributed by atoms with Gasteiger partial charge >= 0.3 is 0 Å². The van der Waals surface area contributed by atoms with Crippen LogP contribution in [0.25, 0.3) is 0 Å². The SMILES string of the molecule is CN=C(NCCCC(=O)NC1CC1)NCc1ccc2c(c1)OCO2. The predicted octanol–water partition coefficient (Wildman–Crippen LogP) is 1.14. The second-order valence-corrected chi connectivity index (χ2v) is 5.99. The Kier molecular flexibility index (Phi) is 5.40. The Morgan fingerprint density at radius 2 is 2.08 bits per heavy atom. The molecule has 0 unspecified atom stereocenters. The van der Waals surface area contributed by atoms with E-state index in [2.05, 4.69) is 20.9 Å². The Balaban J connectivity index is 1.35. The number of rotatable bonds is 7. The number of aliphatic imine (C=N–C) groups is 1. The van der Waals surface area contributed by atoms with E-state index in [-0.39, 0.29) is 12.7 Å². The third-order valence-corrected chi connectivity index (χ3v) is 3.94. The first-order chi connectivity index (χ1) is 11.7. The summed E-state index contributed by atoms with van der Waals surface area (Å²) in [6, 6.07) is 6.30. The van der Waals surface area contributed by atoms with Gasteiger partial charge in [0.25, 0.3) is 0 Å². The largest absolute Gasteiger partial charge is 0.454 e. The van der Waals surface area contributed by atoms with Gasteiger partial charge in [-0.1, -0.05) is 6.07 Å². The first-order valence-electron chi connectivity index (χ1n) is 8.37. The summed E-state index contributed by atoms with van der Waals surface area (Å²) >= 11 is 0. The van der Waals surface area contributed by atoms with Crippen molar-refractivity contribution in [2.45, 2.75) is 38.3 Å². The van der Waals surface area contributed by atoms with Gasteiger partial charge in [0.1, 0.15) is 0 Å². The van der Waals surface area contributed by atoms with Gasteiger partial charge in [-0.15, -0.1) is 0 Å². The molecule has 0 bridgehead atoms. The summed E-state index contributed by atoms with van der Waals surface area (Å²) in [7, 11) is 1.73. The van der Waals surface area contributed by atoms with Crippen LogP contribution < -0.4 is 25.4 Å². The van der Waals surface area contributed by atoms with E-state index in [1.54, 1.807) is 7.05 Å². The average molecular weight is 332 g/mol. The number of nitrogens with one attached hydrogen (secondary N) is 3. The fraction of sp³-hybridized carbons (Fsp3) is 0.529. The lowest BCUT2D eigenvalue weighted by molar-refractivity contribution is -0.121. The Morgan fingerprint density at radius 3 is 2.88 bits per heavy atom. The molecule has 1 aliphatic carbocycles. The number of nitrogens with zero attached hydrogens (tertiary/aromatic N) is 1. The number of amides is 1. The maximum atomic E-state index is 11.6. The maximum absolute atomic E-state index is 11.6. The zero-order valence-electron chi connectivity index (χ0n) is 13.9. The van der Waals surface area contributed by atoms with Gasteiger partial charge < -0.3 is 25.4 Å². The van der Waals surface area contributed by atoms with E-state index in [1.165, 1.54) is 0 Å². The molecule has 24 heavy (non-hydrogen) atoms. The minimum Gasteiger partial charge on any atom is -0.454 e. The van der Waals surface area contributed by atoms with E-state index in [1.807, 2.05) is 18.2 Å². The molecule has 2 aliphatic rings. The van der Waals surface area contributed by atoms with Gasteiger partial charge in [0.2, 0.25) is 12.7 Å². The monoisotopic (exact) mass is 332 g/mol. The Hall–Kier alpha value is -2.44. The molecule has 7 nitrogen and oxygen atoms in total. The van der Waals surface area contributed by atoms with Crippen LogP contribution in [-0.2, 0) is 11.3 Å². The summed E-state index contributed by atoms with van der Waals surface area (Å²) in [6.45, 7) is 1.63. The van der Waals surface area contributed by atoms with E-state index < -0.39 is 0 Å². The van der Waals surface area contributed by atoms with Crippen LogP contribution in [0.5, 0.6) is 11.5 Å². The molecule has 0 radical (unpaired) electrons. The highest BCUT2D eigenvalue weighted by Crippen LogP contribution is 2.32. The highest BCUT2D eigenvalue weighted by Gasteiger charge is 2.22. The van der Waals surface area contributed by atoms with Crippen LogP contribution in [-0.4, -0.2) is 38.3 Å². The first-order valence-corrected chi connectivity index (χ1v) is 8.37. The zero-order valence-corrected chi connectivity index (χ0v) is 13.9. The number of hydrogen-bond acceptors (Lipinski definition) is 4. The topological polar surface area (TPSA) is 84.0 Å².